The van der Waals surface area contributed by atoms with Gasteiger partial charge in [-0.3, -0.25) is 14.4 Å². The van der Waals surface area contributed by atoms with Gasteiger partial charge >= 0.3 is 0 Å². The molecule has 2 aliphatic heterocycles. The summed E-state index contributed by atoms with van der Waals surface area (Å²) in [6.07, 6.45) is 0. The van der Waals surface area contributed by atoms with Gasteiger partial charge in [-0.05, 0) is 52.3 Å². The maximum atomic E-state index is 12.8. The number of anilines is 2. The molecule has 9 heteroatoms. The lowest BCUT2D eigenvalue weighted by Crippen LogP contribution is -2.41. The predicted molar refractivity (Wildman–Crippen MR) is 114 cm³/mol. The summed E-state index contributed by atoms with van der Waals surface area (Å²) in [7, 11) is 0. The van der Waals surface area contributed by atoms with E-state index < -0.39 is 0 Å². The van der Waals surface area contributed by atoms with Crippen LogP contribution in [-0.2, 0) is 14.3 Å². The van der Waals surface area contributed by atoms with Gasteiger partial charge in [-0.15, -0.1) is 11.3 Å². The summed E-state index contributed by atoms with van der Waals surface area (Å²) in [5, 5.41) is 2.98. The lowest BCUT2D eigenvalue weighted by atomic mass is 10.1. The third kappa shape index (κ3) is 4.08. The van der Waals surface area contributed by atoms with Crippen LogP contribution in [0.1, 0.15) is 16.6 Å². The smallest absolute Gasteiger partial charge is 0.261 e. The Hall–Kier alpha value is -2.23. The molecule has 152 valence electrons. The molecule has 0 bridgehead atoms. The molecule has 2 saturated heterocycles. The van der Waals surface area contributed by atoms with Crippen LogP contribution in [-0.4, -0.2) is 50.1 Å². The van der Waals surface area contributed by atoms with Gasteiger partial charge in [0.25, 0.3) is 11.8 Å². The third-order valence-corrected chi connectivity index (χ3v) is 6.83. The van der Waals surface area contributed by atoms with Crippen molar-refractivity contribution >= 4 is 56.4 Å². The van der Waals surface area contributed by atoms with Crippen LogP contribution < -0.4 is 15.1 Å². The second-order valence-electron chi connectivity index (χ2n) is 7.04. The van der Waals surface area contributed by atoms with E-state index in [1.165, 1.54) is 11.3 Å². The summed E-state index contributed by atoms with van der Waals surface area (Å²) in [5.74, 6) is -0.591. The van der Waals surface area contributed by atoms with E-state index in [-0.39, 0.29) is 36.3 Å². The van der Waals surface area contributed by atoms with Crippen molar-refractivity contribution in [3.8, 4) is 0 Å². The number of morpholine rings is 1. The number of halogens is 1. The SMILES string of the molecule is CC1C(=O)N(c2ccc(N3CCOCC3=O)cc2)CC1NC(=O)c1ccc(Br)s1. The highest BCUT2D eigenvalue weighted by Crippen LogP contribution is 2.29. The Labute approximate surface area is 180 Å². The van der Waals surface area contributed by atoms with Crippen molar-refractivity contribution in [2.75, 3.05) is 36.1 Å². The Morgan fingerprint density at radius 2 is 1.83 bits per heavy atom. The van der Waals surface area contributed by atoms with Crippen LogP contribution in [0, 0.1) is 5.92 Å². The molecule has 3 heterocycles. The molecule has 2 aromatic rings. The third-order valence-electron chi connectivity index (χ3n) is 5.21. The highest BCUT2D eigenvalue weighted by molar-refractivity contribution is 9.11. The minimum Gasteiger partial charge on any atom is -0.370 e. The highest BCUT2D eigenvalue weighted by atomic mass is 79.9. The van der Waals surface area contributed by atoms with Crippen LogP contribution in [0.3, 0.4) is 0 Å². The monoisotopic (exact) mass is 477 g/mol. The van der Waals surface area contributed by atoms with Crippen molar-refractivity contribution in [3.05, 3.63) is 45.1 Å². The zero-order valence-electron chi connectivity index (χ0n) is 15.8. The van der Waals surface area contributed by atoms with E-state index in [4.69, 9.17) is 4.74 Å². The second kappa shape index (κ2) is 8.25. The quantitative estimate of drug-likeness (QED) is 0.733. The highest BCUT2D eigenvalue weighted by Gasteiger charge is 2.39. The van der Waals surface area contributed by atoms with Crippen molar-refractivity contribution in [2.24, 2.45) is 5.92 Å². The van der Waals surface area contributed by atoms with E-state index in [1.54, 1.807) is 15.9 Å². The molecule has 7 nitrogen and oxygen atoms in total. The second-order valence-corrected chi connectivity index (χ2v) is 9.50. The van der Waals surface area contributed by atoms with Crippen LogP contribution in [0.2, 0.25) is 0 Å². The minimum absolute atomic E-state index is 0.0298. The summed E-state index contributed by atoms with van der Waals surface area (Å²) in [5.41, 5.74) is 1.54. The summed E-state index contributed by atoms with van der Waals surface area (Å²) in [4.78, 5) is 41.2. The van der Waals surface area contributed by atoms with E-state index in [0.29, 0.717) is 24.6 Å². The van der Waals surface area contributed by atoms with E-state index in [1.807, 2.05) is 37.3 Å². The Balaban J connectivity index is 1.45. The summed E-state index contributed by atoms with van der Waals surface area (Å²) in [6.45, 7) is 3.36. The lowest BCUT2D eigenvalue weighted by Gasteiger charge is -2.27. The van der Waals surface area contributed by atoms with Crippen molar-refractivity contribution in [3.63, 3.8) is 0 Å². The fourth-order valence-corrected chi connectivity index (χ4v) is 4.83. The molecule has 0 aliphatic carbocycles. The van der Waals surface area contributed by atoms with Gasteiger partial charge in [0.2, 0.25) is 5.91 Å². The molecule has 0 radical (unpaired) electrons. The van der Waals surface area contributed by atoms with Gasteiger partial charge in [-0.2, -0.15) is 0 Å². The molecular weight excluding hydrogens is 458 g/mol. The number of benzene rings is 1. The van der Waals surface area contributed by atoms with Gasteiger partial charge in [0.05, 0.1) is 27.2 Å². The number of ether oxygens (including phenoxy) is 1. The molecule has 1 aromatic carbocycles. The normalized spacial score (nSPS) is 22.3. The van der Waals surface area contributed by atoms with E-state index in [2.05, 4.69) is 21.2 Å². The number of nitrogens with zero attached hydrogens (tertiary/aromatic N) is 2. The zero-order valence-corrected chi connectivity index (χ0v) is 18.2. The van der Waals surface area contributed by atoms with Crippen molar-refractivity contribution in [2.45, 2.75) is 13.0 Å². The van der Waals surface area contributed by atoms with Crippen LogP contribution in [0.15, 0.2) is 40.2 Å². The molecular formula is C20H20BrN3O4S. The number of amides is 3. The maximum Gasteiger partial charge on any atom is 0.261 e. The molecule has 1 aromatic heterocycles. The maximum absolute atomic E-state index is 12.8. The number of hydrogen-bond donors (Lipinski definition) is 1. The molecule has 2 atom stereocenters. The van der Waals surface area contributed by atoms with Gasteiger partial charge in [0.15, 0.2) is 0 Å². The van der Waals surface area contributed by atoms with Gasteiger partial charge in [0, 0.05) is 24.5 Å². The van der Waals surface area contributed by atoms with Crippen molar-refractivity contribution < 1.29 is 19.1 Å². The average Bonchev–Trinajstić information content (AvgIpc) is 3.27. The number of nitrogens with one attached hydrogen (secondary N) is 1. The standard InChI is InChI=1S/C20H20BrN3O4S/c1-12-15(22-19(26)16-6-7-17(21)29-16)10-24(20(12)27)14-4-2-13(3-5-14)23-8-9-28-11-18(23)25/h2-7,12,15H,8-11H2,1H3,(H,22,26). The fraction of sp³-hybridized carbons (Fsp3) is 0.350. The zero-order chi connectivity index (χ0) is 20.5. The Kier molecular flexibility index (Phi) is 5.71. The van der Waals surface area contributed by atoms with Crippen molar-refractivity contribution in [1.82, 2.24) is 5.32 Å². The number of hydrogen-bond acceptors (Lipinski definition) is 5. The van der Waals surface area contributed by atoms with Crippen LogP contribution in [0.4, 0.5) is 11.4 Å². The van der Waals surface area contributed by atoms with E-state index >= 15 is 0 Å². The largest absolute Gasteiger partial charge is 0.370 e. The minimum atomic E-state index is -0.317. The molecule has 3 amide bonds. The van der Waals surface area contributed by atoms with Crippen LogP contribution >= 0.6 is 27.3 Å². The summed E-state index contributed by atoms with van der Waals surface area (Å²) in [6, 6.07) is 10.7. The molecule has 1 N–H and O–H groups in total. The lowest BCUT2D eigenvalue weighted by molar-refractivity contribution is -0.125. The summed E-state index contributed by atoms with van der Waals surface area (Å²) >= 11 is 4.72. The van der Waals surface area contributed by atoms with Crippen LogP contribution in [0.25, 0.3) is 0 Å². The van der Waals surface area contributed by atoms with E-state index in [0.717, 1.165) is 15.2 Å². The molecule has 2 unspecified atom stereocenters. The number of carbonyl (C=O) groups excluding carboxylic acids is 3. The first-order valence-electron chi connectivity index (χ1n) is 9.30. The van der Waals surface area contributed by atoms with Gasteiger partial charge < -0.3 is 19.9 Å². The molecule has 0 spiro atoms. The van der Waals surface area contributed by atoms with E-state index in [9.17, 15) is 14.4 Å². The number of thiophene rings is 1. The summed E-state index contributed by atoms with van der Waals surface area (Å²) < 4.78 is 6.05. The predicted octanol–water partition coefficient (Wildman–Crippen LogP) is 2.66. The Morgan fingerprint density at radius 3 is 2.45 bits per heavy atom. The molecule has 2 aliphatic rings. The van der Waals surface area contributed by atoms with Gasteiger partial charge in [-0.1, -0.05) is 6.92 Å². The molecule has 0 saturated carbocycles. The number of carbonyl (C=O) groups is 3. The van der Waals surface area contributed by atoms with Crippen molar-refractivity contribution in [1.29, 1.82) is 0 Å². The Morgan fingerprint density at radius 1 is 1.14 bits per heavy atom. The first kappa shape index (κ1) is 20.1. The number of rotatable bonds is 4. The molecule has 2 fully saturated rings. The fourth-order valence-electron chi connectivity index (χ4n) is 3.55. The first-order chi connectivity index (χ1) is 13.9. The first-order valence-corrected chi connectivity index (χ1v) is 10.9. The average molecular weight is 478 g/mol. The molecule has 4 rings (SSSR count). The van der Waals surface area contributed by atoms with Gasteiger partial charge in [-0.25, -0.2) is 0 Å². The van der Waals surface area contributed by atoms with Crippen LogP contribution in [0.5, 0.6) is 0 Å². The Bertz CT molecular complexity index is 945. The topological polar surface area (TPSA) is 79.0 Å². The molecule has 29 heavy (non-hydrogen) atoms. The van der Waals surface area contributed by atoms with Gasteiger partial charge in [0.1, 0.15) is 6.61 Å².